The summed E-state index contributed by atoms with van der Waals surface area (Å²) in [6.45, 7) is 0. The normalized spacial score (nSPS) is 11.0. The zero-order valence-corrected chi connectivity index (χ0v) is 8.45. The van der Waals surface area contributed by atoms with Crippen molar-refractivity contribution in [1.82, 2.24) is 0 Å². The molecular weight excluding hydrogens is 210 g/mol. The average Bonchev–Trinajstić information content (AvgIpc) is 2.11. The van der Waals surface area contributed by atoms with Gasteiger partial charge in [0.1, 0.15) is 5.82 Å². The van der Waals surface area contributed by atoms with Gasteiger partial charge < -0.3 is 0 Å². The highest BCUT2D eigenvalue weighted by atomic mass is 35.5. The topological polar surface area (TPSA) is 0 Å². The third-order valence-electron chi connectivity index (χ3n) is 1.53. The molecule has 3 heteroatoms. The van der Waals surface area contributed by atoms with Gasteiger partial charge in [0.25, 0.3) is 0 Å². The van der Waals surface area contributed by atoms with Gasteiger partial charge in [0.15, 0.2) is 0 Å². The second-order valence-electron chi connectivity index (χ2n) is 2.55. The second kappa shape index (κ2) is 5.25. The van der Waals surface area contributed by atoms with Crippen molar-refractivity contribution < 1.29 is 4.39 Å². The Labute approximate surface area is 87.0 Å². The summed E-state index contributed by atoms with van der Waals surface area (Å²) in [5.74, 6) is 0.272. The zero-order valence-electron chi connectivity index (χ0n) is 6.93. The lowest BCUT2D eigenvalue weighted by atomic mass is 10.2. The van der Waals surface area contributed by atoms with Crippen LogP contribution in [0.5, 0.6) is 0 Å². The van der Waals surface area contributed by atoms with Crippen LogP contribution >= 0.6 is 23.2 Å². The largest absolute Gasteiger partial charge is 0.206 e. The number of benzene rings is 1. The first-order chi connectivity index (χ1) is 6.24. The fraction of sp³-hybridized carbons (Fsp3) is 0.200. The molecule has 0 saturated heterocycles. The highest BCUT2D eigenvalue weighted by molar-refractivity contribution is 6.30. The van der Waals surface area contributed by atoms with Crippen molar-refractivity contribution >= 4 is 29.3 Å². The van der Waals surface area contributed by atoms with Crippen molar-refractivity contribution in [3.05, 3.63) is 40.7 Å². The fourth-order valence-electron chi connectivity index (χ4n) is 0.916. The molecule has 0 atom stereocenters. The molecule has 0 spiro atoms. The van der Waals surface area contributed by atoms with Gasteiger partial charge >= 0.3 is 0 Å². The molecule has 0 aliphatic carbocycles. The first-order valence-electron chi connectivity index (χ1n) is 3.91. The molecule has 0 radical (unpaired) electrons. The first-order valence-corrected chi connectivity index (χ1v) is 4.83. The molecule has 0 bridgehead atoms. The van der Waals surface area contributed by atoms with Crippen LogP contribution < -0.4 is 0 Å². The highest BCUT2D eigenvalue weighted by Gasteiger charge is 1.97. The van der Waals surface area contributed by atoms with E-state index in [0.29, 0.717) is 16.5 Å². The van der Waals surface area contributed by atoms with Gasteiger partial charge in [0, 0.05) is 16.5 Å². The zero-order chi connectivity index (χ0) is 9.68. The van der Waals surface area contributed by atoms with Gasteiger partial charge in [-0.15, -0.1) is 11.6 Å². The van der Waals surface area contributed by atoms with Crippen LogP contribution in [0.1, 0.15) is 12.0 Å². The monoisotopic (exact) mass is 218 g/mol. The highest BCUT2D eigenvalue weighted by Crippen LogP contribution is 2.16. The fourth-order valence-corrected chi connectivity index (χ4v) is 1.22. The molecule has 0 fully saturated rings. The molecule has 1 aromatic carbocycles. The van der Waals surface area contributed by atoms with Crippen LogP contribution in [0, 0.1) is 5.82 Å². The number of hydrogen-bond donors (Lipinski definition) is 0. The molecular formula is C10H9Cl2F. The number of alkyl halides is 1. The quantitative estimate of drug-likeness (QED) is 0.670. The van der Waals surface area contributed by atoms with Crippen LogP contribution in [0.2, 0.25) is 5.02 Å². The molecule has 0 aliphatic rings. The van der Waals surface area contributed by atoms with Crippen LogP contribution in [0.3, 0.4) is 0 Å². The van der Waals surface area contributed by atoms with Gasteiger partial charge in [0.05, 0.1) is 0 Å². The SMILES string of the molecule is Fc1ccc(Cl)cc1C=CCCCl. The van der Waals surface area contributed by atoms with E-state index in [4.69, 9.17) is 23.2 Å². The molecule has 0 aromatic heterocycles. The standard InChI is InChI=1S/C10H9Cl2F/c11-6-2-1-3-8-7-9(12)4-5-10(8)13/h1,3-5,7H,2,6H2. The van der Waals surface area contributed by atoms with E-state index < -0.39 is 0 Å². The number of rotatable bonds is 3. The van der Waals surface area contributed by atoms with E-state index in [1.807, 2.05) is 6.08 Å². The number of allylic oxidation sites excluding steroid dienone is 1. The summed E-state index contributed by atoms with van der Waals surface area (Å²) in [5.41, 5.74) is 0.498. The third kappa shape index (κ3) is 3.37. The van der Waals surface area contributed by atoms with Crippen molar-refractivity contribution in [2.45, 2.75) is 6.42 Å². The Balaban J connectivity index is 2.81. The van der Waals surface area contributed by atoms with Gasteiger partial charge in [-0.3, -0.25) is 0 Å². The summed E-state index contributed by atoms with van der Waals surface area (Å²) in [7, 11) is 0. The van der Waals surface area contributed by atoms with Crippen molar-refractivity contribution in [2.24, 2.45) is 0 Å². The van der Waals surface area contributed by atoms with Crippen molar-refractivity contribution in [1.29, 1.82) is 0 Å². The van der Waals surface area contributed by atoms with E-state index in [2.05, 4.69) is 0 Å². The Bertz CT molecular complexity index is 308. The van der Waals surface area contributed by atoms with E-state index in [-0.39, 0.29) is 5.82 Å². The van der Waals surface area contributed by atoms with Gasteiger partial charge in [-0.1, -0.05) is 23.8 Å². The minimum Gasteiger partial charge on any atom is -0.206 e. The Morgan fingerprint density at radius 2 is 2.15 bits per heavy atom. The molecule has 0 nitrogen and oxygen atoms in total. The maximum Gasteiger partial charge on any atom is 0.130 e. The predicted octanol–water partition coefficient (Wildman–Crippen LogP) is 4.12. The van der Waals surface area contributed by atoms with E-state index in [9.17, 15) is 4.39 Å². The lowest BCUT2D eigenvalue weighted by Gasteiger charge is -1.96. The van der Waals surface area contributed by atoms with E-state index >= 15 is 0 Å². The first kappa shape index (κ1) is 10.6. The Hall–Kier alpha value is -0.530. The lowest BCUT2D eigenvalue weighted by Crippen LogP contribution is -1.80. The predicted molar refractivity (Wildman–Crippen MR) is 55.8 cm³/mol. The Morgan fingerprint density at radius 1 is 1.38 bits per heavy atom. The molecule has 0 saturated carbocycles. The van der Waals surface area contributed by atoms with E-state index in [1.54, 1.807) is 12.1 Å². The summed E-state index contributed by atoms with van der Waals surface area (Å²) in [4.78, 5) is 0. The van der Waals surface area contributed by atoms with Crippen LogP contribution in [0.4, 0.5) is 4.39 Å². The molecule has 0 aliphatic heterocycles. The van der Waals surface area contributed by atoms with Crippen LogP contribution in [0.25, 0.3) is 6.08 Å². The number of halogens is 3. The summed E-state index contributed by atoms with van der Waals surface area (Å²) < 4.78 is 13.1. The maximum atomic E-state index is 13.1. The summed E-state index contributed by atoms with van der Waals surface area (Å²) in [5, 5.41) is 0.534. The minimum atomic E-state index is -0.268. The van der Waals surface area contributed by atoms with Crippen LogP contribution in [-0.4, -0.2) is 5.88 Å². The molecule has 1 aromatic rings. The lowest BCUT2D eigenvalue weighted by molar-refractivity contribution is 0.625. The maximum absolute atomic E-state index is 13.1. The molecule has 0 heterocycles. The minimum absolute atomic E-state index is 0.268. The Morgan fingerprint density at radius 3 is 2.85 bits per heavy atom. The summed E-state index contributed by atoms with van der Waals surface area (Å²) >= 11 is 11.2. The van der Waals surface area contributed by atoms with Crippen molar-refractivity contribution in [3.63, 3.8) is 0 Å². The van der Waals surface area contributed by atoms with E-state index in [0.717, 1.165) is 6.42 Å². The van der Waals surface area contributed by atoms with Gasteiger partial charge in [-0.2, -0.15) is 0 Å². The van der Waals surface area contributed by atoms with Gasteiger partial charge in [-0.25, -0.2) is 4.39 Å². The van der Waals surface area contributed by atoms with E-state index in [1.165, 1.54) is 12.1 Å². The number of hydrogen-bond acceptors (Lipinski definition) is 0. The molecule has 0 N–H and O–H groups in total. The summed E-state index contributed by atoms with van der Waals surface area (Å²) in [6.07, 6.45) is 4.23. The summed E-state index contributed by atoms with van der Waals surface area (Å²) in [6, 6.07) is 4.46. The molecule has 13 heavy (non-hydrogen) atoms. The van der Waals surface area contributed by atoms with Gasteiger partial charge in [-0.05, 0) is 24.6 Å². The smallest absolute Gasteiger partial charge is 0.130 e. The Kier molecular flexibility index (Phi) is 4.26. The molecule has 1 rings (SSSR count). The molecule has 70 valence electrons. The van der Waals surface area contributed by atoms with Crippen molar-refractivity contribution in [2.75, 3.05) is 5.88 Å². The average molecular weight is 219 g/mol. The van der Waals surface area contributed by atoms with Crippen molar-refractivity contribution in [3.8, 4) is 0 Å². The van der Waals surface area contributed by atoms with Crippen LogP contribution in [-0.2, 0) is 0 Å². The molecule has 0 unspecified atom stereocenters. The second-order valence-corrected chi connectivity index (χ2v) is 3.36. The third-order valence-corrected chi connectivity index (χ3v) is 1.98. The van der Waals surface area contributed by atoms with Crippen LogP contribution in [0.15, 0.2) is 24.3 Å². The van der Waals surface area contributed by atoms with Gasteiger partial charge in [0.2, 0.25) is 0 Å². The molecule has 0 amide bonds.